The van der Waals surface area contributed by atoms with Crippen LogP contribution >= 0.6 is 0 Å². The number of benzene rings is 1. The van der Waals surface area contributed by atoms with Crippen LogP contribution in [0, 0.1) is 0 Å². The van der Waals surface area contributed by atoms with Crippen molar-refractivity contribution in [3.63, 3.8) is 0 Å². The molecule has 1 aromatic carbocycles. The number of rotatable bonds is 4. The summed E-state index contributed by atoms with van der Waals surface area (Å²) in [6, 6.07) is 10.5. The molecular weight excluding hydrogens is 483 g/mol. The molecule has 13 heteroatoms. The molecule has 10 nitrogen and oxygen atoms in total. The smallest absolute Gasteiger partial charge is 0.491 e. The maximum Gasteiger partial charge on any atom is 0.573 e. The Bertz CT molecular complexity index is 1380. The molecule has 4 aromatic rings. The van der Waals surface area contributed by atoms with E-state index in [1.165, 1.54) is 35.0 Å². The van der Waals surface area contributed by atoms with E-state index in [-0.39, 0.29) is 24.4 Å². The van der Waals surface area contributed by atoms with Crippen LogP contribution in [0.1, 0.15) is 28.0 Å². The molecule has 5 rings (SSSR count). The number of nitrogens with one attached hydrogen (secondary N) is 1. The van der Waals surface area contributed by atoms with Crippen LogP contribution in [0.5, 0.6) is 11.5 Å². The number of aromatic nitrogens is 4. The highest BCUT2D eigenvalue weighted by atomic mass is 19.4. The summed E-state index contributed by atoms with van der Waals surface area (Å²) in [6.45, 7) is 0.00673. The zero-order valence-corrected chi connectivity index (χ0v) is 18.3. The van der Waals surface area contributed by atoms with Gasteiger partial charge in [0.2, 0.25) is 0 Å². The zero-order chi connectivity index (χ0) is 25.8. The zero-order valence-electron chi connectivity index (χ0n) is 18.3. The Labute approximate surface area is 201 Å². The number of halogens is 3. The van der Waals surface area contributed by atoms with E-state index >= 15 is 0 Å². The van der Waals surface area contributed by atoms with E-state index in [9.17, 15) is 18.0 Å². The minimum atomic E-state index is -4.81. The van der Waals surface area contributed by atoms with Crippen molar-refractivity contribution in [1.82, 2.24) is 24.9 Å². The van der Waals surface area contributed by atoms with E-state index in [0.29, 0.717) is 29.1 Å². The van der Waals surface area contributed by atoms with Crippen molar-refractivity contribution in [2.75, 3.05) is 6.61 Å². The van der Waals surface area contributed by atoms with Gasteiger partial charge in [0, 0.05) is 25.0 Å². The predicted octanol–water partition coefficient (Wildman–Crippen LogP) is 3.18. The minimum absolute atomic E-state index is 0.246. The van der Waals surface area contributed by atoms with Crippen LogP contribution in [0.3, 0.4) is 0 Å². The fourth-order valence-corrected chi connectivity index (χ4v) is 3.92. The van der Waals surface area contributed by atoms with Crippen LogP contribution in [-0.4, -0.2) is 50.0 Å². The highest BCUT2D eigenvalue weighted by molar-refractivity contribution is 6.00. The fraction of sp³-hybridized carbons (Fsp3) is 0.174. The first kappa shape index (κ1) is 24.4. The Hall–Kier alpha value is -4.68. The lowest BCUT2D eigenvalue weighted by Crippen LogP contribution is -2.50. The number of hydrogen-bond acceptors (Lipinski definition) is 7. The van der Waals surface area contributed by atoms with Gasteiger partial charge < -0.3 is 19.9 Å². The van der Waals surface area contributed by atoms with Crippen molar-refractivity contribution < 1.29 is 37.3 Å². The van der Waals surface area contributed by atoms with Crippen molar-refractivity contribution in [1.29, 1.82) is 0 Å². The van der Waals surface area contributed by atoms with Crippen LogP contribution in [0.4, 0.5) is 13.2 Å². The van der Waals surface area contributed by atoms with Crippen LogP contribution in [-0.2, 0) is 10.3 Å². The van der Waals surface area contributed by atoms with Gasteiger partial charge in [-0.05, 0) is 35.9 Å². The molecular formula is C23H18F3N5O5. The molecule has 1 aliphatic heterocycles. The molecule has 186 valence electrons. The molecule has 4 heterocycles. The monoisotopic (exact) mass is 501 g/mol. The van der Waals surface area contributed by atoms with Crippen molar-refractivity contribution in [3.05, 3.63) is 84.1 Å². The number of carbonyl (C=O) groups excluding carboxylic acids is 1. The lowest BCUT2D eigenvalue weighted by molar-refractivity contribution is -0.274. The number of fused-ring (bicyclic) bond motifs is 2. The maximum absolute atomic E-state index is 13.4. The van der Waals surface area contributed by atoms with Gasteiger partial charge in [0.1, 0.15) is 28.3 Å². The fourth-order valence-electron chi connectivity index (χ4n) is 3.92. The minimum Gasteiger partial charge on any atom is -0.491 e. The summed E-state index contributed by atoms with van der Waals surface area (Å²) < 4.78 is 49.0. The molecule has 0 aliphatic carbocycles. The second kappa shape index (κ2) is 9.90. The molecule has 0 saturated carbocycles. The van der Waals surface area contributed by atoms with Crippen molar-refractivity contribution in [2.45, 2.75) is 18.3 Å². The van der Waals surface area contributed by atoms with Crippen LogP contribution in [0.25, 0.3) is 5.65 Å². The topological polar surface area (TPSA) is 128 Å². The lowest BCUT2D eigenvalue weighted by Gasteiger charge is -2.39. The molecule has 1 amide bonds. The second-order valence-corrected chi connectivity index (χ2v) is 7.43. The van der Waals surface area contributed by atoms with Crippen LogP contribution in [0.15, 0.2) is 67.3 Å². The number of carboxylic acid groups (broad SMARTS) is 1. The molecule has 1 aliphatic rings. The highest BCUT2D eigenvalue weighted by Crippen LogP contribution is 2.41. The number of amides is 1. The van der Waals surface area contributed by atoms with Gasteiger partial charge >= 0.3 is 6.36 Å². The lowest BCUT2D eigenvalue weighted by atomic mass is 9.81. The molecule has 0 fully saturated rings. The molecule has 0 unspecified atom stereocenters. The Morgan fingerprint density at radius 1 is 1.17 bits per heavy atom. The summed E-state index contributed by atoms with van der Waals surface area (Å²) >= 11 is 0. The summed E-state index contributed by atoms with van der Waals surface area (Å²) in [7, 11) is 0. The Kier molecular flexibility index (Phi) is 6.72. The number of alkyl halides is 3. The van der Waals surface area contributed by atoms with Crippen molar-refractivity contribution in [2.24, 2.45) is 0 Å². The number of hydrogen-bond donors (Lipinski definition) is 2. The van der Waals surface area contributed by atoms with E-state index in [2.05, 4.69) is 25.1 Å². The van der Waals surface area contributed by atoms with E-state index in [4.69, 9.17) is 14.6 Å². The normalized spacial score (nSPS) is 16.6. The number of ether oxygens (including phenoxy) is 2. The van der Waals surface area contributed by atoms with Gasteiger partial charge in [-0.1, -0.05) is 12.1 Å². The van der Waals surface area contributed by atoms with Crippen LogP contribution < -0.4 is 14.8 Å². The standard InChI is InChI=1S/C22H16F3N5O3.CH2O2/c23-22(24,25)33-15-6-4-14(5-7-15)21(8-12-32-17-3-1-9-26-18(17)21)29-20(31)16-13-28-30-11-2-10-27-19(16)30;2-1-3/h1-7,9-11,13H,8,12H2,(H,29,31);1H,(H,2,3)/t21-;/m0./s1. The average molecular weight is 501 g/mol. The van der Waals surface area contributed by atoms with E-state index in [1.807, 2.05) is 0 Å². The maximum atomic E-state index is 13.4. The molecule has 0 radical (unpaired) electrons. The number of pyridine rings is 1. The third-order valence-electron chi connectivity index (χ3n) is 5.34. The predicted molar refractivity (Wildman–Crippen MR) is 117 cm³/mol. The van der Waals surface area contributed by atoms with Gasteiger partial charge in [-0.15, -0.1) is 13.2 Å². The molecule has 1 atom stereocenters. The Morgan fingerprint density at radius 2 is 1.89 bits per heavy atom. The third-order valence-corrected chi connectivity index (χ3v) is 5.34. The van der Waals surface area contributed by atoms with Gasteiger partial charge in [-0.3, -0.25) is 14.6 Å². The first-order chi connectivity index (χ1) is 17.3. The first-order valence-electron chi connectivity index (χ1n) is 10.4. The summed E-state index contributed by atoms with van der Waals surface area (Å²) in [4.78, 5) is 30.4. The van der Waals surface area contributed by atoms with Gasteiger partial charge in [0.05, 0.1) is 12.8 Å². The number of nitrogens with zero attached hydrogens (tertiary/aromatic N) is 4. The molecule has 36 heavy (non-hydrogen) atoms. The second-order valence-electron chi connectivity index (χ2n) is 7.43. The van der Waals surface area contributed by atoms with E-state index in [1.54, 1.807) is 36.8 Å². The molecule has 3 aromatic heterocycles. The Morgan fingerprint density at radius 3 is 2.61 bits per heavy atom. The number of carbonyl (C=O) groups is 2. The highest BCUT2D eigenvalue weighted by Gasteiger charge is 2.43. The quantitative estimate of drug-likeness (QED) is 0.408. The van der Waals surface area contributed by atoms with Gasteiger partial charge in [0.15, 0.2) is 5.65 Å². The summed E-state index contributed by atoms with van der Waals surface area (Å²) in [5.41, 5.74) is 0.422. The average Bonchev–Trinajstić information content (AvgIpc) is 3.29. The SMILES string of the molecule is O=C(N[C@]1(c2ccc(OC(F)(F)F)cc2)CCOc2cccnc21)c1cnn2cccnc12.O=CO. The van der Waals surface area contributed by atoms with Gasteiger partial charge in [-0.25, -0.2) is 9.50 Å². The summed E-state index contributed by atoms with van der Waals surface area (Å²) in [5, 5.41) is 14.1. The van der Waals surface area contributed by atoms with E-state index < -0.39 is 17.8 Å². The van der Waals surface area contributed by atoms with Gasteiger partial charge in [-0.2, -0.15) is 5.10 Å². The summed E-state index contributed by atoms with van der Waals surface area (Å²) in [6.07, 6.45) is 1.68. The first-order valence-corrected chi connectivity index (χ1v) is 10.4. The molecule has 0 bridgehead atoms. The van der Waals surface area contributed by atoms with E-state index in [0.717, 1.165) is 0 Å². The third kappa shape index (κ3) is 4.89. The molecule has 0 saturated heterocycles. The Balaban J connectivity index is 0.000000967. The molecule has 0 spiro atoms. The largest absolute Gasteiger partial charge is 0.573 e. The van der Waals surface area contributed by atoms with Crippen molar-refractivity contribution in [3.8, 4) is 11.5 Å². The van der Waals surface area contributed by atoms with Crippen molar-refractivity contribution >= 4 is 18.0 Å². The molecule has 2 N–H and O–H groups in total. The van der Waals surface area contributed by atoms with Gasteiger partial charge in [0.25, 0.3) is 12.4 Å². The van der Waals surface area contributed by atoms with Crippen LogP contribution in [0.2, 0.25) is 0 Å². The summed E-state index contributed by atoms with van der Waals surface area (Å²) in [5.74, 6) is -0.358.